The van der Waals surface area contributed by atoms with E-state index in [1.54, 1.807) is 0 Å². The van der Waals surface area contributed by atoms with E-state index in [4.69, 9.17) is 10.7 Å². The molecule has 3 rings (SSSR count). The Bertz CT molecular complexity index is 644. The maximum absolute atomic E-state index is 11.2. The van der Waals surface area contributed by atoms with Crippen LogP contribution >= 0.6 is 11.3 Å². The molecule has 112 valence electrons. The van der Waals surface area contributed by atoms with E-state index in [1.807, 2.05) is 6.07 Å². The van der Waals surface area contributed by atoms with Crippen molar-refractivity contribution in [1.82, 2.24) is 9.88 Å². The number of nitrogens with zero attached hydrogens (tertiary/aromatic N) is 2. The molecule has 0 aromatic carbocycles. The summed E-state index contributed by atoms with van der Waals surface area (Å²) < 4.78 is 0. The minimum atomic E-state index is -0.369. The number of aromatic nitrogens is 1. The summed E-state index contributed by atoms with van der Waals surface area (Å²) in [6, 6.07) is 5.98. The third-order valence-electron chi connectivity index (χ3n) is 4.34. The van der Waals surface area contributed by atoms with Gasteiger partial charge in [0.25, 0.3) is 5.91 Å². The SMILES string of the molecule is CCN1CCC(Cc2ccc3cc(C(N)=O)sc3n2)CC1. The Hall–Kier alpha value is -1.46. The molecular formula is C16H21N3OS. The van der Waals surface area contributed by atoms with Crippen molar-refractivity contribution < 1.29 is 4.79 Å². The maximum atomic E-state index is 11.2. The lowest BCUT2D eigenvalue weighted by atomic mass is 9.92. The Balaban J connectivity index is 1.71. The number of piperidine rings is 1. The highest BCUT2D eigenvalue weighted by Crippen LogP contribution is 2.26. The molecule has 1 saturated heterocycles. The van der Waals surface area contributed by atoms with E-state index < -0.39 is 0 Å². The summed E-state index contributed by atoms with van der Waals surface area (Å²) in [6.07, 6.45) is 3.55. The number of carbonyl (C=O) groups is 1. The van der Waals surface area contributed by atoms with Crippen LogP contribution in [0.3, 0.4) is 0 Å². The number of amides is 1. The highest BCUT2D eigenvalue weighted by Gasteiger charge is 2.19. The van der Waals surface area contributed by atoms with Crippen LogP contribution in [0.2, 0.25) is 0 Å². The van der Waals surface area contributed by atoms with Crippen molar-refractivity contribution in [3.8, 4) is 0 Å². The highest BCUT2D eigenvalue weighted by molar-refractivity contribution is 7.20. The molecule has 1 aliphatic rings. The molecule has 0 saturated carbocycles. The molecule has 2 N–H and O–H groups in total. The van der Waals surface area contributed by atoms with Crippen LogP contribution in [0.1, 0.15) is 35.1 Å². The summed E-state index contributed by atoms with van der Waals surface area (Å²) in [4.78, 5) is 20.0. The van der Waals surface area contributed by atoms with Gasteiger partial charge in [-0.15, -0.1) is 11.3 Å². The molecule has 4 nitrogen and oxygen atoms in total. The number of pyridine rings is 1. The second-order valence-corrected chi connectivity index (χ2v) is 6.78. The molecule has 0 atom stereocenters. The Morgan fingerprint density at radius 2 is 2.19 bits per heavy atom. The van der Waals surface area contributed by atoms with Crippen LogP contribution in [0.25, 0.3) is 10.2 Å². The number of hydrogen-bond acceptors (Lipinski definition) is 4. The van der Waals surface area contributed by atoms with Crippen molar-refractivity contribution in [3.05, 3.63) is 28.8 Å². The first-order valence-corrected chi connectivity index (χ1v) is 8.39. The number of likely N-dealkylation sites (tertiary alicyclic amines) is 1. The molecule has 0 unspecified atom stereocenters. The van der Waals surface area contributed by atoms with Crippen LogP contribution in [0.15, 0.2) is 18.2 Å². The summed E-state index contributed by atoms with van der Waals surface area (Å²) in [7, 11) is 0. The van der Waals surface area contributed by atoms with Crippen LogP contribution < -0.4 is 5.73 Å². The Kier molecular flexibility index (Phi) is 4.22. The van der Waals surface area contributed by atoms with Crippen LogP contribution in [0.5, 0.6) is 0 Å². The fourth-order valence-corrected chi connectivity index (χ4v) is 3.90. The first kappa shape index (κ1) is 14.5. The lowest BCUT2D eigenvalue weighted by molar-refractivity contribution is 0.100. The molecule has 1 aliphatic heterocycles. The zero-order valence-electron chi connectivity index (χ0n) is 12.3. The molecule has 21 heavy (non-hydrogen) atoms. The summed E-state index contributed by atoms with van der Waals surface area (Å²) in [5, 5.41) is 1.01. The lowest BCUT2D eigenvalue weighted by Gasteiger charge is -2.30. The van der Waals surface area contributed by atoms with Crippen molar-refractivity contribution in [3.63, 3.8) is 0 Å². The van der Waals surface area contributed by atoms with Gasteiger partial charge in [-0.1, -0.05) is 13.0 Å². The average Bonchev–Trinajstić information content (AvgIpc) is 2.91. The first-order chi connectivity index (χ1) is 10.2. The van der Waals surface area contributed by atoms with Gasteiger partial charge in [-0.05, 0) is 56.9 Å². The Morgan fingerprint density at radius 3 is 2.86 bits per heavy atom. The van der Waals surface area contributed by atoms with Gasteiger partial charge in [-0.25, -0.2) is 4.98 Å². The standard InChI is InChI=1S/C16H21N3OS/c1-2-19-7-5-11(6-8-19)9-13-4-3-12-10-14(15(17)20)21-16(12)18-13/h3-4,10-11H,2,5-9H2,1H3,(H2,17,20). The van der Waals surface area contributed by atoms with Crippen molar-refractivity contribution in [2.75, 3.05) is 19.6 Å². The van der Waals surface area contributed by atoms with Gasteiger partial charge in [-0.3, -0.25) is 4.79 Å². The summed E-state index contributed by atoms with van der Waals surface area (Å²) >= 11 is 1.39. The molecular weight excluding hydrogens is 282 g/mol. The summed E-state index contributed by atoms with van der Waals surface area (Å²) in [5.41, 5.74) is 6.46. The third-order valence-corrected chi connectivity index (χ3v) is 5.39. The Labute approximate surface area is 129 Å². The smallest absolute Gasteiger partial charge is 0.258 e. The predicted octanol–water partition coefficient (Wildman–Crippen LogP) is 2.67. The predicted molar refractivity (Wildman–Crippen MR) is 86.7 cm³/mol. The zero-order valence-corrected chi connectivity index (χ0v) is 13.2. The van der Waals surface area contributed by atoms with Gasteiger partial charge in [0, 0.05) is 11.1 Å². The fraction of sp³-hybridized carbons (Fsp3) is 0.500. The molecule has 1 amide bonds. The van der Waals surface area contributed by atoms with Crippen LogP contribution in [-0.2, 0) is 6.42 Å². The van der Waals surface area contributed by atoms with Gasteiger partial charge in [0.15, 0.2) is 0 Å². The quantitative estimate of drug-likeness (QED) is 0.944. The summed E-state index contributed by atoms with van der Waals surface area (Å²) in [6.45, 7) is 5.79. The number of rotatable bonds is 4. The van der Waals surface area contributed by atoms with E-state index in [1.165, 1.54) is 37.3 Å². The molecule has 1 fully saturated rings. The summed E-state index contributed by atoms with van der Waals surface area (Å²) in [5.74, 6) is 0.361. The maximum Gasteiger partial charge on any atom is 0.258 e. The first-order valence-electron chi connectivity index (χ1n) is 7.57. The minimum absolute atomic E-state index is 0.369. The molecule has 2 aromatic rings. The number of primary amides is 1. The molecule has 0 bridgehead atoms. The fourth-order valence-electron chi connectivity index (χ4n) is 2.99. The van der Waals surface area contributed by atoms with Gasteiger partial charge < -0.3 is 10.6 Å². The number of carbonyl (C=O) groups excluding carboxylic acids is 1. The van der Waals surface area contributed by atoms with Crippen LogP contribution in [0.4, 0.5) is 0 Å². The van der Waals surface area contributed by atoms with Crippen molar-refractivity contribution in [2.45, 2.75) is 26.2 Å². The molecule has 5 heteroatoms. The van der Waals surface area contributed by atoms with E-state index in [0.717, 1.165) is 34.8 Å². The van der Waals surface area contributed by atoms with Crippen LogP contribution in [-0.4, -0.2) is 35.4 Å². The monoisotopic (exact) mass is 303 g/mol. The highest BCUT2D eigenvalue weighted by atomic mass is 32.1. The lowest BCUT2D eigenvalue weighted by Crippen LogP contribution is -2.34. The van der Waals surface area contributed by atoms with Gasteiger partial charge in [0.1, 0.15) is 4.83 Å². The molecule has 0 radical (unpaired) electrons. The second-order valence-electron chi connectivity index (χ2n) is 5.75. The number of nitrogens with two attached hydrogens (primary N) is 1. The van der Waals surface area contributed by atoms with Gasteiger partial charge in [-0.2, -0.15) is 0 Å². The number of hydrogen-bond donors (Lipinski definition) is 1. The van der Waals surface area contributed by atoms with Crippen molar-refractivity contribution in [2.24, 2.45) is 11.7 Å². The van der Waals surface area contributed by atoms with E-state index in [9.17, 15) is 4.79 Å². The van der Waals surface area contributed by atoms with E-state index >= 15 is 0 Å². The average molecular weight is 303 g/mol. The molecule has 2 aromatic heterocycles. The zero-order chi connectivity index (χ0) is 14.8. The van der Waals surface area contributed by atoms with Gasteiger partial charge >= 0.3 is 0 Å². The molecule has 3 heterocycles. The number of thiophene rings is 1. The Morgan fingerprint density at radius 1 is 1.43 bits per heavy atom. The molecule has 0 spiro atoms. The van der Waals surface area contributed by atoms with Crippen molar-refractivity contribution in [1.29, 1.82) is 0 Å². The van der Waals surface area contributed by atoms with E-state index in [2.05, 4.69) is 24.0 Å². The van der Waals surface area contributed by atoms with Gasteiger partial charge in [0.2, 0.25) is 0 Å². The number of fused-ring (bicyclic) bond motifs is 1. The van der Waals surface area contributed by atoms with Crippen molar-refractivity contribution >= 4 is 27.5 Å². The largest absolute Gasteiger partial charge is 0.365 e. The molecule has 0 aliphatic carbocycles. The van der Waals surface area contributed by atoms with E-state index in [-0.39, 0.29) is 5.91 Å². The topological polar surface area (TPSA) is 59.2 Å². The normalized spacial score (nSPS) is 17.4. The second kappa shape index (κ2) is 6.12. The minimum Gasteiger partial charge on any atom is -0.365 e. The van der Waals surface area contributed by atoms with Gasteiger partial charge in [0.05, 0.1) is 4.88 Å². The van der Waals surface area contributed by atoms with Crippen LogP contribution in [0, 0.1) is 5.92 Å². The van der Waals surface area contributed by atoms with E-state index in [0.29, 0.717) is 4.88 Å². The third kappa shape index (κ3) is 3.24.